The SMILES string of the molecule is C[C@@H]1CC[C@H](COc2cnccc2Br)N1C(=O)OC(C)(C)C. The van der Waals surface area contributed by atoms with Crippen molar-refractivity contribution in [3.8, 4) is 5.75 Å². The third kappa shape index (κ3) is 4.35. The van der Waals surface area contributed by atoms with Gasteiger partial charge in [-0.1, -0.05) is 0 Å². The second-order valence-electron chi connectivity index (χ2n) is 6.58. The summed E-state index contributed by atoms with van der Waals surface area (Å²) in [4.78, 5) is 18.2. The van der Waals surface area contributed by atoms with Crippen LogP contribution in [0.4, 0.5) is 4.79 Å². The summed E-state index contributed by atoms with van der Waals surface area (Å²) in [6.07, 6.45) is 4.97. The second-order valence-corrected chi connectivity index (χ2v) is 7.44. The molecule has 2 heterocycles. The highest BCUT2D eigenvalue weighted by Crippen LogP contribution is 2.28. The van der Waals surface area contributed by atoms with E-state index in [1.54, 1.807) is 17.3 Å². The lowest BCUT2D eigenvalue weighted by atomic mass is 10.2. The molecule has 0 N–H and O–H groups in total. The fraction of sp³-hybridized carbons (Fsp3) is 0.625. The normalized spacial score (nSPS) is 21.8. The van der Waals surface area contributed by atoms with Crippen molar-refractivity contribution < 1.29 is 14.3 Å². The summed E-state index contributed by atoms with van der Waals surface area (Å²) < 4.78 is 12.2. The van der Waals surface area contributed by atoms with Crippen LogP contribution in [-0.2, 0) is 4.74 Å². The van der Waals surface area contributed by atoms with Gasteiger partial charge in [0.05, 0.1) is 16.7 Å². The van der Waals surface area contributed by atoms with E-state index < -0.39 is 5.60 Å². The number of nitrogens with zero attached hydrogens (tertiary/aromatic N) is 2. The molecule has 0 unspecified atom stereocenters. The summed E-state index contributed by atoms with van der Waals surface area (Å²) in [7, 11) is 0. The lowest BCUT2D eigenvalue weighted by molar-refractivity contribution is 0.0117. The predicted octanol–water partition coefficient (Wildman–Crippen LogP) is 4.01. The second kappa shape index (κ2) is 6.86. The fourth-order valence-corrected chi connectivity index (χ4v) is 2.87. The quantitative estimate of drug-likeness (QED) is 0.806. The lowest BCUT2D eigenvalue weighted by Crippen LogP contribution is -2.45. The molecule has 122 valence electrons. The molecule has 5 nitrogen and oxygen atoms in total. The highest BCUT2D eigenvalue weighted by Gasteiger charge is 2.37. The van der Waals surface area contributed by atoms with Gasteiger partial charge in [0, 0.05) is 12.2 Å². The summed E-state index contributed by atoms with van der Waals surface area (Å²) in [5, 5.41) is 0. The van der Waals surface area contributed by atoms with Crippen molar-refractivity contribution >= 4 is 22.0 Å². The van der Waals surface area contributed by atoms with Gasteiger partial charge in [0.25, 0.3) is 0 Å². The van der Waals surface area contributed by atoms with Crippen LogP contribution in [0.25, 0.3) is 0 Å². The Balaban J connectivity index is 2.00. The predicted molar refractivity (Wildman–Crippen MR) is 88.0 cm³/mol. The van der Waals surface area contributed by atoms with Crippen LogP contribution in [0.5, 0.6) is 5.75 Å². The molecule has 1 aromatic rings. The molecule has 0 aromatic carbocycles. The lowest BCUT2D eigenvalue weighted by Gasteiger charge is -2.31. The Kier molecular flexibility index (Phi) is 5.32. The van der Waals surface area contributed by atoms with Crippen LogP contribution in [0.2, 0.25) is 0 Å². The molecule has 1 fully saturated rings. The van der Waals surface area contributed by atoms with Crippen LogP contribution < -0.4 is 4.74 Å². The van der Waals surface area contributed by atoms with Crippen LogP contribution in [0.3, 0.4) is 0 Å². The zero-order valence-electron chi connectivity index (χ0n) is 13.5. The molecule has 1 aliphatic rings. The van der Waals surface area contributed by atoms with E-state index in [2.05, 4.69) is 20.9 Å². The molecular weight excluding hydrogens is 348 g/mol. The van der Waals surface area contributed by atoms with Gasteiger partial charge in [-0.05, 0) is 62.5 Å². The van der Waals surface area contributed by atoms with Gasteiger partial charge < -0.3 is 9.47 Å². The van der Waals surface area contributed by atoms with Gasteiger partial charge in [0.1, 0.15) is 12.2 Å². The molecule has 22 heavy (non-hydrogen) atoms. The summed E-state index contributed by atoms with van der Waals surface area (Å²) in [5.74, 6) is 0.686. The largest absolute Gasteiger partial charge is 0.489 e. The number of aromatic nitrogens is 1. The number of carbonyl (C=O) groups is 1. The molecule has 1 aromatic heterocycles. The number of pyridine rings is 1. The van der Waals surface area contributed by atoms with E-state index in [0.29, 0.717) is 12.4 Å². The number of amides is 1. The number of hydrogen-bond acceptors (Lipinski definition) is 4. The van der Waals surface area contributed by atoms with Crippen molar-refractivity contribution in [1.82, 2.24) is 9.88 Å². The number of likely N-dealkylation sites (tertiary alicyclic amines) is 1. The van der Waals surface area contributed by atoms with Gasteiger partial charge in [0.15, 0.2) is 5.75 Å². The molecule has 0 radical (unpaired) electrons. The molecule has 0 spiro atoms. The van der Waals surface area contributed by atoms with Crippen molar-refractivity contribution in [2.24, 2.45) is 0 Å². The highest BCUT2D eigenvalue weighted by atomic mass is 79.9. The topological polar surface area (TPSA) is 51.7 Å². The Morgan fingerprint density at radius 1 is 1.45 bits per heavy atom. The number of rotatable bonds is 3. The van der Waals surface area contributed by atoms with E-state index in [0.717, 1.165) is 17.3 Å². The van der Waals surface area contributed by atoms with Gasteiger partial charge in [-0.25, -0.2) is 4.79 Å². The summed E-state index contributed by atoms with van der Waals surface area (Å²) in [5.41, 5.74) is -0.489. The van der Waals surface area contributed by atoms with Gasteiger partial charge >= 0.3 is 6.09 Å². The van der Waals surface area contributed by atoms with Crippen molar-refractivity contribution in [3.05, 3.63) is 22.9 Å². The first-order valence-corrected chi connectivity index (χ1v) is 8.31. The van der Waals surface area contributed by atoms with E-state index in [1.807, 2.05) is 33.8 Å². The minimum Gasteiger partial charge on any atom is -0.489 e. The fourth-order valence-electron chi connectivity index (χ4n) is 2.53. The molecule has 0 aliphatic carbocycles. The van der Waals surface area contributed by atoms with Crippen molar-refractivity contribution in [2.45, 2.75) is 58.2 Å². The number of ether oxygens (including phenoxy) is 2. The van der Waals surface area contributed by atoms with Crippen molar-refractivity contribution in [3.63, 3.8) is 0 Å². The summed E-state index contributed by atoms with van der Waals surface area (Å²) in [6, 6.07) is 2.02. The van der Waals surface area contributed by atoms with E-state index in [4.69, 9.17) is 9.47 Å². The third-order valence-electron chi connectivity index (χ3n) is 3.56. The van der Waals surface area contributed by atoms with Gasteiger partial charge in [-0.15, -0.1) is 0 Å². The van der Waals surface area contributed by atoms with Crippen molar-refractivity contribution in [1.29, 1.82) is 0 Å². The van der Waals surface area contributed by atoms with Gasteiger partial charge in [0.2, 0.25) is 0 Å². The molecule has 6 heteroatoms. The smallest absolute Gasteiger partial charge is 0.410 e. The zero-order valence-corrected chi connectivity index (χ0v) is 15.1. The van der Waals surface area contributed by atoms with Crippen LogP contribution in [0.15, 0.2) is 22.9 Å². The first-order chi connectivity index (χ1) is 10.3. The van der Waals surface area contributed by atoms with Gasteiger partial charge in [-0.2, -0.15) is 0 Å². The Bertz CT molecular complexity index is 530. The number of halogens is 1. The zero-order chi connectivity index (χ0) is 16.3. The monoisotopic (exact) mass is 370 g/mol. The minimum atomic E-state index is -0.489. The molecule has 1 amide bonds. The number of carbonyl (C=O) groups excluding carboxylic acids is 1. The molecule has 0 saturated carbocycles. The first-order valence-electron chi connectivity index (χ1n) is 7.51. The first kappa shape index (κ1) is 17.1. The van der Waals surface area contributed by atoms with Crippen LogP contribution in [-0.4, -0.2) is 40.3 Å². The van der Waals surface area contributed by atoms with E-state index >= 15 is 0 Å². The van der Waals surface area contributed by atoms with E-state index in [-0.39, 0.29) is 18.2 Å². The standard InChI is InChI=1S/C16H23BrN2O3/c1-11-5-6-12(19(11)15(20)22-16(2,3)4)10-21-14-9-18-8-7-13(14)17/h7-9,11-12H,5-6,10H2,1-4H3/t11-,12-/m1/s1. The van der Waals surface area contributed by atoms with Crippen LogP contribution >= 0.6 is 15.9 Å². The van der Waals surface area contributed by atoms with E-state index in [1.165, 1.54) is 0 Å². The third-order valence-corrected chi connectivity index (χ3v) is 4.21. The maximum Gasteiger partial charge on any atom is 0.410 e. The highest BCUT2D eigenvalue weighted by molar-refractivity contribution is 9.10. The van der Waals surface area contributed by atoms with Gasteiger partial charge in [-0.3, -0.25) is 9.88 Å². The van der Waals surface area contributed by atoms with E-state index in [9.17, 15) is 4.79 Å². The Morgan fingerprint density at radius 3 is 2.82 bits per heavy atom. The molecule has 2 atom stereocenters. The minimum absolute atomic E-state index is 0.0250. The Labute approximate surface area is 140 Å². The summed E-state index contributed by atoms with van der Waals surface area (Å²) >= 11 is 3.43. The Hall–Kier alpha value is -1.30. The van der Waals surface area contributed by atoms with Crippen LogP contribution in [0.1, 0.15) is 40.5 Å². The molecule has 1 saturated heterocycles. The Morgan fingerprint density at radius 2 is 2.18 bits per heavy atom. The molecule has 1 aliphatic heterocycles. The van der Waals surface area contributed by atoms with Crippen molar-refractivity contribution in [2.75, 3.05) is 6.61 Å². The summed E-state index contributed by atoms with van der Waals surface area (Å²) in [6.45, 7) is 8.12. The maximum absolute atomic E-state index is 12.4. The van der Waals surface area contributed by atoms with Crippen LogP contribution in [0, 0.1) is 0 Å². The molecular formula is C16H23BrN2O3. The number of hydrogen-bond donors (Lipinski definition) is 0. The average Bonchev–Trinajstić information content (AvgIpc) is 2.77. The molecule has 2 rings (SSSR count). The average molecular weight is 371 g/mol. The molecule has 0 bridgehead atoms. The maximum atomic E-state index is 12.4.